The number of benzene rings is 4. The Labute approximate surface area is 186 Å². The molecule has 0 aliphatic carbocycles. The van der Waals surface area contributed by atoms with Crippen LogP contribution in [-0.4, -0.2) is 4.98 Å². The number of nitrogens with zero attached hydrogens (tertiary/aromatic N) is 1. The lowest BCUT2D eigenvalue weighted by molar-refractivity contribution is 0.670. The topological polar surface area (TPSA) is 26.0 Å². The number of pyridine rings is 1. The standard InChI is InChI=1S/C29H23NO/c1-17(2)20-12-13-30-26(15-20)23-11-8-18(3)28-25-14-21-10-9-19-6-4-5-7-22(19)24(21)16-27(25)31-29(23)28/h4-17H,1-3H3/i3D3,17D. The second-order valence-corrected chi connectivity index (χ2v) is 8.25. The first-order valence-corrected chi connectivity index (χ1v) is 10.4. The van der Waals surface area contributed by atoms with Crippen LogP contribution >= 0.6 is 0 Å². The van der Waals surface area contributed by atoms with Crippen LogP contribution in [0, 0.1) is 6.85 Å². The van der Waals surface area contributed by atoms with E-state index in [4.69, 9.17) is 9.90 Å². The van der Waals surface area contributed by atoms with Gasteiger partial charge in [0.1, 0.15) is 11.2 Å². The molecule has 0 aliphatic rings. The quantitative estimate of drug-likeness (QED) is 0.270. The molecule has 0 unspecified atom stereocenters. The van der Waals surface area contributed by atoms with Gasteiger partial charge < -0.3 is 4.42 Å². The molecule has 2 aromatic heterocycles. The first-order valence-electron chi connectivity index (χ1n) is 12.4. The Bertz CT molecular complexity index is 1770. The monoisotopic (exact) mass is 405 g/mol. The first kappa shape index (κ1) is 14.4. The molecule has 0 amide bonds. The smallest absolute Gasteiger partial charge is 0.145 e. The molecular weight excluding hydrogens is 378 g/mol. The van der Waals surface area contributed by atoms with E-state index in [1.54, 1.807) is 18.3 Å². The Hall–Kier alpha value is -3.65. The van der Waals surface area contributed by atoms with Gasteiger partial charge in [0.25, 0.3) is 0 Å². The summed E-state index contributed by atoms with van der Waals surface area (Å²) < 4.78 is 39.4. The number of furan rings is 1. The summed E-state index contributed by atoms with van der Waals surface area (Å²) in [5, 5.41) is 5.70. The molecule has 6 aromatic rings. The van der Waals surface area contributed by atoms with Crippen molar-refractivity contribution in [1.82, 2.24) is 4.98 Å². The molecule has 0 fully saturated rings. The predicted octanol–water partition coefficient (Wildman–Crippen LogP) is 8.39. The van der Waals surface area contributed by atoms with Crippen LogP contribution < -0.4 is 0 Å². The average molecular weight is 406 g/mol. The number of aryl methyl sites for hydroxylation is 1. The minimum atomic E-state index is -2.30. The molecule has 0 radical (unpaired) electrons. The van der Waals surface area contributed by atoms with E-state index in [0.29, 0.717) is 27.8 Å². The number of rotatable bonds is 2. The van der Waals surface area contributed by atoms with Crippen molar-refractivity contribution in [1.29, 1.82) is 0 Å². The average Bonchev–Trinajstić information content (AvgIpc) is 3.19. The van der Waals surface area contributed by atoms with E-state index in [0.717, 1.165) is 32.5 Å². The Balaban J connectivity index is 1.72. The van der Waals surface area contributed by atoms with Crippen molar-refractivity contribution in [3.63, 3.8) is 0 Å². The summed E-state index contributed by atoms with van der Waals surface area (Å²) in [5.74, 6) is -0.790. The highest BCUT2D eigenvalue weighted by Gasteiger charge is 2.17. The van der Waals surface area contributed by atoms with Crippen molar-refractivity contribution >= 4 is 43.5 Å². The van der Waals surface area contributed by atoms with E-state index >= 15 is 0 Å². The van der Waals surface area contributed by atoms with Gasteiger partial charge in [-0.1, -0.05) is 56.3 Å². The molecular formula is C29H23NO. The highest BCUT2D eigenvalue weighted by Crippen LogP contribution is 2.40. The lowest BCUT2D eigenvalue weighted by atomic mass is 9.97. The van der Waals surface area contributed by atoms with E-state index in [1.807, 2.05) is 50.2 Å². The molecule has 0 spiro atoms. The van der Waals surface area contributed by atoms with Gasteiger partial charge in [-0.05, 0) is 75.7 Å². The third kappa shape index (κ3) is 2.75. The van der Waals surface area contributed by atoms with Crippen LogP contribution in [0.1, 0.15) is 36.4 Å². The molecule has 0 N–H and O–H groups in total. The Morgan fingerprint density at radius 2 is 1.74 bits per heavy atom. The summed E-state index contributed by atoms with van der Waals surface area (Å²) in [6.07, 6.45) is 1.69. The summed E-state index contributed by atoms with van der Waals surface area (Å²) in [6, 6.07) is 23.5. The minimum absolute atomic E-state index is 0.257. The van der Waals surface area contributed by atoms with Gasteiger partial charge in [-0.2, -0.15) is 0 Å². The zero-order chi connectivity index (χ0) is 24.5. The molecule has 0 saturated heterocycles. The Morgan fingerprint density at radius 3 is 2.61 bits per heavy atom. The molecule has 0 aliphatic heterocycles. The fraction of sp³-hybridized carbons (Fsp3) is 0.138. The molecule has 2 heteroatoms. The third-order valence-corrected chi connectivity index (χ3v) is 6.10. The first-order chi connectivity index (χ1) is 16.6. The van der Waals surface area contributed by atoms with Gasteiger partial charge in [0.15, 0.2) is 0 Å². The number of aromatic nitrogens is 1. The van der Waals surface area contributed by atoms with Gasteiger partial charge in [-0.3, -0.25) is 4.98 Å². The Kier molecular flexibility index (Phi) is 3.10. The van der Waals surface area contributed by atoms with Gasteiger partial charge in [-0.25, -0.2) is 0 Å². The number of fused-ring (bicyclic) bond motifs is 6. The second-order valence-electron chi connectivity index (χ2n) is 8.25. The van der Waals surface area contributed by atoms with E-state index in [9.17, 15) is 0 Å². The SMILES string of the molecule is [2H]C([2H])([2H])c1ccc(-c2cc(C([2H])(C)C)ccn2)c2oc3cc4c(ccc5ccccc54)cc3c12. The summed E-state index contributed by atoms with van der Waals surface area (Å²) in [4.78, 5) is 4.55. The minimum Gasteiger partial charge on any atom is -0.455 e. The van der Waals surface area contributed by atoms with Gasteiger partial charge >= 0.3 is 0 Å². The van der Waals surface area contributed by atoms with Crippen molar-refractivity contribution in [2.45, 2.75) is 26.6 Å². The number of hydrogen-bond acceptors (Lipinski definition) is 2. The van der Waals surface area contributed by atoms with Crippen molar-refractivity contribution in [2.24, 2.45) is 0 Å². The number of hydrogen-bond donors (Lipinski definition) is 0. The van der Waals surface area contributed by atoms with Crippen LogP contribution in [0.4, 0.5) is 0 Å². The van der Waals surface area contributed by atoms with Crippen LogP contribution in [0.15, 0.2) is 83.4 Å². The van der Waals surface area contributed by atoms with Gasteiger partial charge in [0, 0.05) is 28.0 Å². The maximum absolute atomic E-state index is 8.42. The normalized spacial score (nSPS) is 14.6. The molecule has 6 rings (SSSR count). The van der Waals surface area contributed by atoms with Crippen molar-refractivity contribution < 1.29 is 9.90 Å². The molecule has 0 atom stereocenters. The molecule has 4 aromatic carbocycles. The van der Waals surface area contributed by atoms with E-state index in [-0.39, 0.29) is 5.56 Å². The van der Waals surface area contributed by atoms with Crippen molar-refractivity contribution in [2.75, 3.05) is 0 Å². The Morgan fingerprint density at radius 1 is 0.871 bits per heavy atom. The lowest BCUT2D eigenvalue weighted by Crippen LogP contribution is -1.91. The third-order valence-electron chi connectivity index (χ3n) is 6.10. The molecule has 31 heavy (non-hydrogen) atoms. The highest BCUT2D eigenvalue weighted by molar-refractivity contribution is 6.18. The van der Waals surface area contributed by atoms with E-state index in [1.165, 1.54) is 0 Å². The maximum Gasteiger partial charge on any atom is 0.145 e. The maximum atomic E-state index is 8.42. The summed E-state index contributed by atoms with van der Waals surface area (Å²) in [7, 11) is 0. The molecule has 2 nitrogen and oxygen atoms in total. The highest BCUT2D eigenvalue weighted by atomic mass is 16.3. The second kappa shape index (κ2) is 6.68. The van der Waals surface area contributed by atoms with Crippen LogP contribution in [-0.2, 0) is 0 Å². The summed E-state index contributed by atoms with van der Waals surface area (Å²) in [6.45, 7) is 1.36. The molecule has 0 saturated carbocycles. The zero-order valence-electron chi connectivity index (χ0n) is 21.4. The van der Waals surface area contributed by atoms with Gasteiger partial charge in [0.2, 0.25) is 0 Å². The molecule has 2 heterocycles. The van der Waals surface area contributed by atoms with Crippen LogP contribution in [0.5, 0.6) is 0 Å². The largest absolute Gasteiger partial charge is 0.455 e. The van der Waals surface area contributed by atoms with Crippen molar-refractivity contribution in [3.05, 3.63) is 90.1 Å². The lowest BCUT2D eigenvalue weighted by Gasteiger charge is -2.08. The van der Waals surface area contributed by atoms with E-state index < -0.39 is 12.7 Å². The summed E-state index contributed by atoms with van der Waals surface area (Å²) in [5.41, 5.74) is 3.58. The fourth-order valence-electron chi connectivity index (χ4n) is 4.47. The molecule has 150 valence electrons. The van der Waals surface area contributed by atoms with E-state index in [2.05, 4.69) is 29.2 Å². The van der Waals surface area contributed by atoms with Gasteiger partial charge in [-0.15, -0.1) is 0 Å². The zero-order valence-corrected chi connectivity index (χ0v) is 17.4. The van der Waals surface area contributed by atoms with Crippen molar-refractivity contribution in [3.8, 4) is 11.3 Å². The fourth-order valence-corrected chi connectivity index (χ4v) is 4.47. The van der Waals surface area contributed by atoms with Crippen LogP contribution in [0.2, 0.25) is 0 Å². The predicted molar refractivity (Wildman–Crippen MR) is 131 cm³/mol. The van der Waals surface area contributed by atoms with Crippen LogP contribution in [0.25, 0.3) is 54.7 Å². The summed E-state index contributed by atoms with van der Waals surface area (Å²) >= 11 is 0. The van der Waals surface area contributed by atoms with Crippen LogP contribution in [0.3, 0.4) is 0 Å². The van der Waals surface area contributed by atoms with Gasteiger partial charge in [0.05, 0.1) is 5.69 Å². The molecule has 0 bridgehead atoms.